The molecule has 142 valence electrons. The van der Waals surface area contributed by atoms with Crippen LogP contribution < -0.4 is 4.90 Å². The second-order valence-corrected chi connectivity index (χ2v) is 7.22. The van der Waals surface area contributed by atoms with E-state index in [4.69, 9.17) is 0 Å². The van der Waals surface area contributed by atoms with E-state index in [0.717, 1.165) is 17.6 Å². The van der Waals surface area contributed by atoms with Crippen LogP contribution in [0.25, 0.3) is 10.9 Å². The first-order valence-corrected chi connectivity index (χ1v) is 9.06. The van der Waals surface area contributed by atoms with Crippen LogP contribution in [0.5, 0.6) is 0 Å². The van der Waals surface area contributed by atoms with Gasteiger partial charge in [0.1, 0.15) is 0 Å². The number of carbonyl (C=O) groups is 2. The van der Waals surface area contributed by atoms with Crippen molar-refractivity contribution in [1.82, 2.24) is 4.57 Å². The second-order valence-electron chi connectivity index (χ2n) is 6.30. The third-order valence-electron chi connectivity index (χ3n) is 4.48. The maximum atomic E-state index is 13.0. The Hall–Kier alpha value is -3.00. The van der Waals surface area contributed by atoms with Gasteiger partial charge in [0.2, 0.25) is 5.12 Å². The highest BCUT2D eigenvalue weighted by atomic mass is 32.2. The minimum absolute atomic E-state index is 0.0666. The van der Waals surface area contributed by atoms with Crippen molar-refractivity contribution in [3.63, 3.8) is 0 Å². The number of halogens is 3. The summed E-state index contributed by atoms with van der Waals surface area (Å²) in [5.74, 6) is 0. The smallest absolute Gasteiger partial charge is 0.341 e. The number of thioether (sulfide) groups is 1. The molecule has 0 spiro atoms. The van der Waals surface area contributed by atoms with Crippen LogP contribution in [0.2, 0.25) is 0 Å². The van der Waals surface area contributed by atoms with Crippen LogP contribution in [-0.4, -0.2) is 14.9 Å². The summed E-state index contributed by atoms with van der Waals surface area (Å²) in [7, 11) is 0. The van der Waals surface area contributed by atoms with E-state index in [1.165, 1.54) is 11.0 Å². The Labute approximate surface area is 162 Å². The number of hydrogen-bond acceptors (Lipinski definition) is 3. The molecule has 0 radical (unpaired) electrons. The third kappa shape index (κ3) is 3.09. The molecule has 3 aromatic rings. The monoisotopic (exact) mass is 402 g/mol. The van der Waals surface area contributed by atoms with E-state index in [0.29, 0.717) is 28.4 Å². The molecule has 1 amide bonds. The number of rotatable bonds is 3. The number of benzene rings is 2. The van der Waals surface area contributed by atoms with Crippen molar-refractivity contribution in [2.24, 2.45) is 0 Å². The van der Waals surface area contributed by atoms with E-state index >= 15 is 0 Å². The van der Waals surface area contributed by atoms with Crippen molar-refractivity contribution in [2.75, 3.05) is 4.90 Å². The lowest BCUT2D eigenvalue weighted by Crippen LogP contribution is -2.20. The first kappa shape index (κ1) is 18.4. The van der Waals surface area contributed by atoms with Crippen molar-refractivity contribution in [3.05, 3.63) is 78.1 Å². The molecule has 8 heteroatoms. The number of hydrogen-bond donors (Lipinski definition) is 0. The van der Waals surface area contributed by atoms with Crippen LogP contribution in [0, 0.1) is 0 Å². The van der Waals surface area contributed by atoms with E-state index in [-0.39, 0.29) is 12.2 Å². The summed E-state index contributed by atoms with van der Waals surface area (Å²) in [5.41, 5.74) is 1.04. The van der Waals surface area contributed by atoms with Crippen molar-refractivity contribution in [2.45, 2.75) is 12.7 Å². The van der Waals surface area contributed by atoms with Gasteiger partial charge in [-0.25, -0.2) is 0 Å². The number of aromatic nitrogens is 1. The minimum Gasteiger partial charge on any atom is -0.341 e. The van der Waals surface area contributed by atoms with E-state index in [1.807, 2.05) is 6.07 Å². The standard InChI is InChI=1S/C20H13F3N2O2S/c1-12-18(26)28-19(27)25(12)17-11-24(16-8-3-2-7-15(16)17)10-13-5-4-6-14(9-13)20(21,22)23/h2-9,11H,1,10H2. The molecule has 0 atom stereocenters. The fraction of sp³-hybridized carbons (Fsp3) is 0.100. The van der Waals surface area contributed by atoms with Gasteiger partial charge in [-0.1, -0.05) is 36.9 Å². The summed E-state index contributed by atoms with van der Waals surface area (Å²) in [6.45, 7) is 3.86. The summed E-state index contributed by atoms with van der Waals surface area (Å²) >= 11 is 0.572. The van der Waals surface area contributed by atoms with Gasteiger partial charge in [0.05, 0.1) is 22.5 Å². The van der Waals surface area contributed by atoms with Gasteiger partial charge in [0.15, 0.2) is 0 Å². The predicted octanol–water partition coefficient (Wildman–Crippen LogP) is 5.42. The number of anilines is 1. The zero-order chi connectivity index (χ0) is 20.1. The summed E-state index contributed by atoms with van der Waals surface area (Å²) in [4.78, 5) is 25.3. The van der Waals surface area contributed by atoms with Crippen molar-refractivity contribution in [1.29, 1.82) is 0 Å². The summed E-state index contributed by atoms with van der Waals surface area (Å²) in [6, 6.07) is 12.3. The number of nitrogens with zero attached hydrogens (tertiary/aromatic N) is 2. The fourth-order valence-corrected chi connectivity index (χ4v) is 3.88. The Kier molecular flexibility index (Phi) is 4.30. The molecular formula is C20H13F3N2O2S. The largest absolute Gasteiger partial charge is 0.416 e. The molecule has 1 aliphatic rings. The molecule has 0 aliphatic carbocycles. The SMILES string of the molecule is C=C1C(=O)SC(=O)N1c1cn(Cc2cccc(C(F)(F)F)c2)c2ccccc12. The number of fused-ring (bicyclic) bond motifs is 1. The van der Waals surface area contributed by atoms with Crippen molar-refractivity contribution >= 4 is 38.7 Å². The Morgan fingerprint density at radius 3 is 2.46 bits per heavy atom. The minimum atomic E-state index is -4.42. The van der Waals surface area contributed by atoms with E-state index in [1.54, 1.807) is 35.0 Å². The molecule has 4 rings (SSSR count). The first-order chi connectivity index (χ1) is 13.3. The molecule has 1 aliphatic heterocycles. The van der Waals surface area contributed by atoms with Crippen LogP contribution in [-0.2, 0) is 17.5 Å². The Bertz CT molecular complexity index is 1130. The zero-order valence-electron chi connectivity index (χ0n) is 14.4. The maximum absolute atomic E-state index is 13.0. The zero-order valence-corrected chi connectivity index (χ0v) is 15.2. The topological polar surface area (TPSA) is 42.3 Å². The second kappa shape index (κ2) is 6.56. The average Bonchev–Trinajstić information content (AvgIpc) is 3.11. The van der Waals surface area contributed by atoms with E-state index < -0.39 is 22.1 Å². The van der Waals surface area contributed by atoms with Crippen LogP contribution in [0.4, 0.5) is 23.7 Å². The van der Waals surface area contributed by atoms with Crippen LogP contribution in [0.15, 0.2) is 67.0 Å². The molecule has 1 saturated heterocycles. The van der Waals surface area contributed by atoms with E-state index in [9.17, 15) is 22.8 Å². The maximum Gasteiger partial charge on any atom is 0.416 e. The number of para-hydroxylation sites is 1. The average molecular weight is 402 g/mol. The van der Waals surface area contributed by atoms with E-state index in [2.05, 4.69) is 6.58 Å². The van der Waals surface area contributed by atoms with Gasteiger partial charge >= 0.3 is 6.18 Å². The summed E-state index contributed by atoms with van der Waals surface area (Å²) < 4.78 is 40.7. The molecule has 1 fully saturated rings. The summed E-state index contributed by atoms with van der Waals surface area (Å²) in [6.07, 6.45) is -2.76. The molecule has 2 aromatic carbocycles. The van der Waals surface area contributed by atoms with Gasteiger partial charge in [-0.2, -0.15) is 13.2 Å². The molecule has 28 heavy (non-hydrogen) atoms. The lowest BCUT2D eigenvalue weighted by Gasteiger charge is -2.13. The highest BCUT2D eigenvalue weighted by Gasteiger charge is 2.36. The lowest BCUT2D eigenvalue weighted by atomic mass is 10.1. The number of amides is 1. The summed E-state index contributed by atoms with van der Waals surface area (Å²) in [5, 5.41) is -0.157. The third-order valence-corrected chi connectivity index (χ3v) is 5.26. The van der Waals surface area contributed by atoms with Crippen LogP contribution >= 0.6 is 11.8 Å². The lowest BCUT2D eigenvalue weighted by molar-refractivity contribution is -0.137. The molecule has 2 heterocycles. The Balaban J connectivity index is 1.79. The Morgan fingerprint density at radius 1 is 1.04 bits per heavy atom. The van der Waals surface area contributed by atoms with Crippen molar-refractivity contribution < 1.29 is 22.8 Å². The van der Waals surface area contributed by atoms with Crippen molar-refractivity contribution in [3.8, 4) is 0 Å². The van der Waals surface area contributed by atoms with Gasteiger partial charge < -0.3 is 4.57 Å². The fourth-order valence-electron chi connectivity index (χ4n) is 3.21. The van der Waals surface area contributed by atoms with Crippen LogP contribution in [0.1, 0.15) is 11.1 Å². The van der Waals surface area contributed by atoms with Gasteiger partial charge in [-0.3, -0.25) is 14.5 Å². The molecule has 0 saturated carbocycles. The molecular weight excluding hydrogens is 389 g/mol. The van der Waals surface area contributed by atoms with Gasteiger partial charge in [0.25, 0.3) is 5.24 Å². The van der Waals surface area contributed by atoms with Gasteiger partial charge in [-0.15, -0.1) is 0 Å². The highest BCUT2D eigenvalue weighted by Crippen LogP contribution is 2.38. The molecule has 0 unspecified atom stereocenters. The number of alkyl halides is 3. The molecule has 1 aromatic heterocycles. The van der Waals surface area contributed by atoms with Crippen LogP contribution in [0.3, 0.4) is 0 Å². The predicted molar refractivity (Wildman–Crippen MR) is 102 cm³/mol. The highest BCUT2D eigenvalue weighted by molar-refractivity contribution is 8.27. The number of carbonyl (C=O) groups excluding carboxylic acids is 2. The molecule has 4 nitrogen and oxygen atoms in total. The molecule has 0 N–H and O–H groups in total. The first-order valence-electron chi connectivity index (χ1n) is 8.25. The van der Waals surface area contributed by atoms with Gasteiger partial charge in [-0.05, 0) is 23.8 Å². The normalized spacial score (nSPS) is 15.1. The quantitative estimate of drug-likeness (QED) is 0.549. The van der Waals surface area contributed by atoms with Gasteiger partial charge in [0, 0.05) is 29.9 Å². The Morgan fingerprint density at radius 2 is 1.79 bits per heavy atom. The molecule has 0 bridgehead atoms.